The molecular formula is C26H27NO4. The maximum Gasteiger partial charge on any atom is 0.340 e. The van der Waals surface area contributed by atoms with Crippen molar-refractivity contribution in [1.29, 1.82) is 0 Å². The Morgan fingerprint density at radius 1 is 1.03 bits per heavy atom. The zero-order valence-corrected chi connectivity index (χ0v) is 18.5. The molecule has 0 aromatic heterocycles. The number of esters is 1. The number of carbonyl (C=O) groups excluding carboxylic acids is 2. The lowest BCUT2D eigenvalue weighted by Gasteiger charge is -2.25. The molecule has 5 nitrogen and oxygen atoms in total. The predicted molar refractivity (Wildman–Crippen MR) is 120 cm³/mol. The standard InChI is InChI=1S/C26H27NO4/c1-16-14-17(2)20(18(3)15-16)21-22(26(31-25(21)29)12-8-9-13-26)24(28)23(27-30-4)19-10-6-5-7-11-19/h5-7,10-11,14-15H,8-9,12-13H2,1-4H3/b27-23+. The van der Waals surface area contributed by atoms with E-state index < -0.39 is 11.6 Å². The zero-order chi connectivity index (χ0) is 22.2. The van der Waals surface area contributed by atoms with Crippen LogP contribution in [0.4, 0.5) is 0 Å². The van der Waals surface area contributed by atoms with Crippen molar-refractivity contribution in [3.05, 3.63) is 75.9 Å². The molecule has 5 heteroatoms. The summed E-state index contributed by atoms with van der Waals surface area (Å²) in [4.78, 5) is 32.3. The summed E-state index contributed by atoms with van der Waals surface area (Å²) in [6.45, 7) is 5.96. The van der Waals surface area contributed by atoms with Gasteiger partial charge in [0.15, 0.2) is 5.71 Å². The number of hydrogen-bond acceptors (Lipinski definition) is 5. The first-order chi connectivity index (χ1) is 14.9. The van der Waals surface area contributed by atoms with Crippen molar-refractivity contribution in [3.63, 3.8) is 0 Å². The molecule has 0 radical (unpaired) electrons. The van der Waals surface area contributed by atoms with E-state index in [4.69, 9.17) is 9.57 Å². The van der Waals surface area contributed by atoms with Crippen LogP contribution in [-0.4, -0.2) is 30.2 Å². The van der Waals surface area contributed by atoms with E-state index in [-0.39, 0.29) is 11.5 Å². The smallest absolute Gasteiger partial charge is 0.340 e. The first-order valence-electron chi connectivity index (χ1n) is 10.7. The Bertz CT molecular complexity index is 1080. The fourth-order valence-electron chi connectivity index (χ4n) is 5.06. The van der Waals surface area contributed by atoms with Gasteiger partial charge in [0.1, 0.15) is 12.7 Å². The van der Waals surface area contributed by atoms with E-state index in [9.17, 15) is 9.59 Å². The lowest BCUT2D eigenvalue weighted by atomic mass is 9.81. The maximum absolute atomic E-state index is 14.0. The lowest BCUT2D eigenvalue weighted by molar-refractivity contribution is -0.145. The summed E-state index contributed by atoms with van der Waals surface area (Å²) in [6, 6.07) is 13.3. The molecule has 4 rings (SSSR count). The Morgan fingerprint density at radius 2 is 1.65 bits per heavy atom. The molecule has 0 amide bonds. The third kappa shape index (κ3) is 3.58. The van der Waals surface area contributed by atoms with Gasteiger partial charge in [0, 0.05) is 5.56 Å². The Labute approximate surface area is 182 Å². The minimum atomic E-state index is -0.892. The molecular weight excluding hydrogens is 390 g/mol. The topological polar surface area (TPSA) is 65.0 Å². The van der Waals surface area contributed by atoms with Gasteiger partial charge in [0.25, 0.3) is 0 Å². The van der Waals surface area contributed by atoms with Gasteiger partial charge in [-0.1, -0.05) is 53.2 Å². The second-order valence-electron chi connectivity index (χ2n) is 8.43. The number of Topliss-reactive ketones (excluding diaryl/α,β-unsaturated/α-hetero) is 1. The van der Waals surface area contributed by atoms with Crippen molar-refractivity contribution in [3.8, 4) is 0 Å². The van der Waals surface area contributed by atoms with Gasteiger partial charge in [-0.2, -0.15) is 0 Å². The molecule has 0 saturated heterocycles. The number of oxime groups is 1. The van der Waals surface area contributed by atoms with Crippen LogP contribution in [-0.2, 0) is 19.2 Å². The number of benzene rings is 2. The van der Waals surface area contributed by atoms with Crippen LogP contribution in [0, 0.1) is 20.8 Å². The second kappa shape index (κ2) is 8.14. The normalized spacial score (nSPS) is 17.9. The van der Waals surface area contributed by atoms with Crippen molar-refractivity contribution < 1.29 is 19.2 Å². The molecule has 31 heavy (non-hydrogen) atoms. The molecule has 0 bridgehead atoms. The highest BCUT2D eigenvalue weighted by Crippen LogP contribution is 2.49. The van der Waals surface area contributed by atoms with Crippen LogP contribution in [0.5, 0.6) is 0 Å². The van der Waals surface area contributed by atoms with Crippen molar-refractivity contribution in [2.24, 2.45) is 5.16 Å². The van der Waals surface area contributed by atoms with Crippen molar-refractivity contribution in [2.75, 3.05) is 7.11 Å². The average Bonchev–Trinajstić information content (AvgIpc) is 3.30. The van der Waals surface area contributed by atoms with Gasteiger partial charge in [-0.05, 0) is 63.1 Å². The van der Waals surface area contributed by atoms with Gasteiger partial charge in [0.05, 0.1) is 11.1 Å². The summed E-state index contributed by atoms with van der Waals surface area (Å²) in [7, 11) is 1.42. The van der Waals surface area contributed by atoms with E-state index in [1.807, 2.05) is 63.2 Å². The number of hydrogen-bond donors (Lipinski definition) is 0. The molecule has 1 fully saturated rings. The molecule has 2 aliphatic rings. The highest BCUT2D eigenvalue weighted by atomic mass is 16.6. The third-order valence-corrected chi connectivity index (χ3v) is 6.21. The van der Waals surface area contributed by atoms with Crippen LogP contribution >= 0.6 is 0 Å². The van der Waals surface area contributed by atoms with E-state index in [2.05, 4.69) is 5.16 Å². The number of aryl methyl sites for hydroxylation is 3. The summed E-state index contributed by atoms with van der Waals surface area (Å²) < 4.78 is 5.99. The van der Waals surface area contributed by atoms with Gasteiger partial charge in [0.2, 0.25) is 5.78 Å². The maximum atomic E-state index is 14.0. The number of rotatable bonds is 5. The molecule has 2 aromatic rings. The van der Waals surface area contributed by atoms with Crippen molar-refractivity contribution in [1.82, 2.24) is 0 Å². The fraction of sp³-hybridized carbons (Fsp3) is 0.346. The predicted octanol–water partition coefficient (Wildman–Crippen LogP) is 4.85. The third-order valence-electron chi connectivity index (χ3n) is 6.21. The highest BCUT2D eigenvalue weighted by molar-refractivity contribution is 6.54. The summed E-state index contributed by atoms with van der Waals surface area (Å²) in [5.41, 5.74) is 4.54. The first kappa shape index (κ1) is 21.0. The molecule has 0 unspecified atom stereocenters. The Morgan fingerprint density at radius 3 is 2.23 bits per heavy atom. The molecule has 1 spiro atoms. The Hall–Kier alpha value is -3.21. The summed E-state index contributed by atoms with van der Waals surface area (Å²) >= 11 is 0. The Kier molecular flexibility index (Phi) is 5.52. The van der Waals surface area contributed by atoms with Gasteiger partial charge in [-0.3, -0.25) is 4.79 Å². The molecule has 1 saturated carbocycles. The van der Waals surface area contributed by atoms with Crippen LogP contribution in [0.15, 0.2) is 53.2 Å². The summed E-state index contributed by atoms with van der Waals surface area (Å²) in [5, 5.41) is 4.07. The van der Waals surface area contributed by atoms with Crippen LogP contribution in [0.3, 0.4) is 0 Å². The Balaban J connectivity index is 1.98. The van der Waals surface area contributed by atoms with E-state index in [0.717, 1.165) is 35.1 Å². The molecule has 2 aromatic carbocycles. The van der Waals surface area contributed by atoms with Crippen LogP contribution in [0.1, 0.15) is 53.5 Å². The number of carbonyl (C=O) groups is 2. The van der Waals surface area contributed by atoms with Crippen LogP contribution in [0.2, 0.25) is 0 Å². The van der Waals surface area contributed by atoms with Gasteiger partial charge in [-0.15, -0.1) is 0 Å². The van der Waals surface area contributed by atoms with Gasteiger partial charge >= 0.3 is 5.97 Å². The number of ether oxygens (including phenoxy) is 1. The average molecular weight is 418 g/mol. The monoisotopic (exact) mass is 417 g/mol. The lowest BCUT2D eigenvalue weighted by Crippen LogP contribution is -2.35. The fourth-order valence-corrected chi connectivity index (χ4v) is 5.06. The van der Waals surface area contributed by atoms with Crippen LogP contribution < -0.4 is 0 Å². The van der Waals surface area contributed by atoms with E-state index >= 15 is 0 Å². The molecule has 1 aliphatic carbocycles. The second-order valence-corrected chi connectivity index (χ2v) is 8.43. The van der Waals surface area contributed by atoms with E-state index in [1.54, 1.807) is 0 Å². The number of ketones is 1. The van der Waals surface area contributed by atoms with Crippen molar-refractivity contribution in [2.45, 2.75) is 52.1 Å². The SMILES string of the molecule is CO/N=C(/C(=O)C1=C(c2c(C)cc(C)cc2C)C(=O)OC12CCCC2)c1ccccc1. The van der Waals surface area contributed by atoms with Gasteiger partial charge in [-0.25, -0.2) is 4.79 Å². The zero-order valence-electron chi connectivity index (χ0n) is 18.5. The van der Waals surface area contributed by atoms with Crippen LogP contribution in [0.25, 0.3) is 5.57 Å². The number of nitrogens with zero attached hydrogens (tertiary/aromatic N) is 1. The van der Waals surface area contributed by atoms with Gasteiger partial charge < -0.3 is 9.57 Å². The van der Waals surface area contributed by atoms with Crippen molar-refractivity contribution >= 4 is 23.0 Å². The molecule has 0 atom stereocenters. The quantitative estimate of drug-likeness (QED) is 0.396. The minimum absolute atomic E-state index is 0.183. The summed E-state index contributed by atoms with van der Waals surface area (Å²) in [6.07, 6.45) is 3.10. The minimum Gasteiger partial charge on any atom is -0.450 e. The highest BCUT2D eigenvalue weighted by Gasteiger charge is 2.53. The molecule has 160 valence electrons. The molecule has 0 N–H and O–H groups in total. The van der Waals surface area contributed by atoms with E-state index in [0.29, 0.717) is 29.6 Å². The molecule has 1 heterocycles. The largest absolute Gasteiger partial charge is 0.450 e. The molecule has 1 aliphatic heterocycles. The van der Waals surface area contributed by atoms with E-state index in [1.165, 1.54) is 7.11 Å². The summed E-state index contributed by atoms with van der Waals surface area (Å²) in [5.74, 6) is -0.736. The first-order valence-corrected chi connectivity index (χ1v) is 10.7.